The maximum Gasteiger partial charge on any atom is 0.483 e. The molecule has 0 aromatic rings. The zero-order chi connectivity index (χ0) is 15.9. The number of alkyl halides is 10. The Morgan fingerprint density at radius 3 is 1.58 bits per heavy atom. The molecule has 3 nitrogen and oxygen atoms in total. The van der Waals surface area contributed by atoms with Crippen molar-refractivity contribution in [3.05, 3.63) is 0 Å². The summed E-state index contributed by atoms with van der Waals surface area (Å²) in [7, 11) is 0. The van der Waals surface area contributed by atoms with Gasteiger partial charge >= 0.3 is 30.3 Å². The predicted octanol–water partition coefficient (Wildman–Crippen LogP) is 2.81. The monoisotopic (exact) mass is 312 g/mol. The lowest BCUT2D eigenvalue weighted by atomic mass is 10.2. The molecular formula is C6H2F10O3. The molecule has 0 fully saturated rings. The van der Waals surface area contributed by atoms with E-state index in [1.165, 1.54) is 0 Å². The summed E-state index contributed by atoms with van der Waals surface area (Å²) in [4.78, 5) is 9.68. The topological polar surface area (TPSA) is 46.5 Å². The lowest BCUT2D eigenvalue weighted by molar-refractivity contribution is -0.470. The fourth-order valence-corrected chi connectivity index (χ4v) is 0.600. The first-order valence-corrected chi connectivity index (χ1v) is 3.83. The molecule has 1 N–H and O–H groups in total. The van der Waals surface area contributed by atoms with Crippen LogP contribution in [-0.4, -0.2) is 41.6 Å². The molecule has 0 amide bonds. The van der Waals surface area contributed by atoms with Gasteiger partial charge in [-0.2, -0.15) is 39.5 Å². The number of hydrogen-bond acceptors (Lipinski definition) is 2. The van der Waals surface area contributed by atoms with Gasteiger partial charge in [0.1, 0.15) is 0 Å². The number of rotatable bonds is 5. The normalized spacial score (nSPS) is 16.3. The van der Waals surface area contributed by atoms with Crippen molar-refractivity contribution in [2.24, 2.45) is 0 Å². The number of carbonyl (C=O) groups is 1. The molecule has 0 heterocycles. The van der Waals surface area contributed by atoms with E-state index in [4.69, 9.17) is 5.11 Å². The summed E-state index contributed by atoms with van der Waals surface area (Å²) in [6.45, 7) is 0. The lowest BCUT2D eigenvalue weighted by Crippen LogP contribution is -2.55. The maximum atomic E-state index is 12.4. The number of ether oxygens (including phenoxy) is 1. The van der Waals surface area contributed by atoms with Crippen LogP contribution in [0.5, 0.6) is 0 Å². The minimum Gasteiger partial charge on any atom is -0.477 e. The summed E-state index contributed by atoms with van der Waals surface area (Å²) in [6, 6.07) is 0. The van der Waals surface area contributed by atoms with Crippen LogP contribution in [0.4, 0.5) is 43.9 Å². The van der Waals surface area contributed by atoms with Gasteiger partial charge in [-0.1, -0.05) is 0 Å². The number of hydrogen-bond donors (Lipinski definition) is 1. The SMILES string of the molecule is O=C(O)C(F)(F)C(F)C(F)(F)OC(F)(F)C(F)(F)F. The zero-order valence-electron chi connectivity index (χ0n) is 8.12. The molecule has 0 aliphatic heterocycles. The molecule has 13 heteroatoms. The predicted molar refractivity (Wildman–Crippen MR) is 34.5 cm³/mol. The van der Waals surface area contributed by atoms with Gasteiger partial charge in [0.2, 0.25) is 0 Å². The molecule has 0 saturated heterocycles. The third kappa shape index (κ3) is 3.61. The summed E-state index contributed by atoms with van der Waals surface area (Å²) in [5.41, 5.74) is 0. The van der Waals surface area contributed by atoms with E-state index in [1.54, 1.807) is 4.74 Å². The van der Waals surface area contributed by atoms with Crippen molar-refractivity contribution in [3.63, 3.8) is 0 Å². The third-order valence-electron chi connectivity index (χ3n) is 1.49. The van der Waals surface area contributed by atoms with Crippen LogP contribution in [-0.2, 0) is 9.53 Å². The Kier molecular flexibility index (Phi) is 4.37. The van der Waals surface area contributed by atoms with Crippen LogP contribution in [0.15, 0.2) is 0 Å². The van der Waals surface area contributed by atoms with Crippen molar-refractivity contribution < 1.29 is 58.5 Å². The van der Waals surface area contributed by atoms with Gasteiger partial charge in [-0.3, -0.25) is 0 Å². The van der Waals surface area contributed by atoms with E-state index in [9.17, 15) is 48.7 Å². The molecule has 1 unspecified atom stereocenters. The average molecular weight is 312 g/mol. The van der Waals surface area contributed by atoms with Crippen LogP contribution in [0.3, 0.4) is 0 Å². The number of carboxylic acid groups (broad SMARTS) is 1. The first kappa shape index (κ1) is 17.7. The Hall–Kier alpha value is -1.27. The summed E-state index contributed by atoms with van der Waals surface area (Å²) in [5.74, 6) is -9.44. The Balaban J connectivity index is 5.26. The number of carboxylic acids is 1. The van der Waals surface area contributed by atoms with Crippen LogP contribution in [0.2, 0.25) is 0 Å². The Morgan fingerprint density at radius 1 is 0.947 bits per heavy atom. The van der Waals surface area contributed by atoms with Gasteiger partial charge in [0.15, 0.2) is 0 Å². The highest BCUT2D eigenvalue weighted by atomic mass is 19.4. The van der Waals surface area contributed by atoms with Crippen LogP contribution in [0.25, 0.3) is 0 Å². The van der Waals surface area contributed by atoms with E-state index in [1.807, 2.05) is 0 Å². The van der Waals surface area contributed by atoms with Crippen molar-refractivity contribution >= 4 is 5.97 Å². The van der Waals surface area contributed by atoms with E-state index in [-0.39, 0.29) is 0 Å². The van der Waals surface area contributed by atoms with Crippen LogP contribution in [0, 0.1) is 0 Å². The van der Waals surface area contributed by atoms with E-state index in [0.29, 0.717) is 0 Å². The second-order valence-corrected chi connectivity index (χ2v) is 2.97. The fraction of sp³-hybridized carbons (Fsp3) is 0.833. The first-order valence-electron chi connectivity index (χ1n) is 3.83. The number of halogens is 10. The second-order valence-electron chi connectivity index (χ2n) is 2.97. The molecular weight excluding hydrogens is 310 g/mol. The smallest absolute Gasteiger partial charge is 0.477 e. The lowest BCUT2D eigenvalue weighted by Gasteiger charge is -2.28. The van der Waals surface area contributed by atoms with Crippen molar-refractivity contribution in [2.75, 3.05) is 0 Å². The molecule has 0 saturated carbocycles. The van der Waals surface area contributed by atoms with Gasteiger partial charge in [-0.05, 0) is 0 Å². The van der Waals surface area contributed by atoms with Crippen LogP contribution in [0.1, 0.15) is 0 Å². The van der Waals surface area contributed by atoms with Crippen molar-refractivity contribution in [3.8, 4) is 0 Å². The van der Waals surface area contributed by atoms with Crippen molar-refractivity contribution in [1.82, 2.24) is 0 Å². The van der Waals surface area contributed by atoms with Gasteiger partial charge in [0.05, 0.1) is 0 Å². The molecule has 0 aromatic carbocycles. The van der Waals surface area contributed by atoms with Gasteiger partial charge in [0.25, 0.3) is 6.17 Å². The Bertz CT molecular complexity index is 348. The molecule has 0 spiro atoms. The summed E-state index contributed by atoms with van der Waals surface area (Å²) in [6.07, 6.45) is -25.1. The summed E-state index contributed by atoms with van der Waals surface area (Å²) >= 11 is 0. The summed E-state index contributed by atoms with van der Waals surface area (Å²) < 4.78 is 122. The van der Waals surface area contributed by atoms with Crippen molar-refractivity contribution in [1.29, 1.82) is 0 Å². The van der Waals surface area contributed by atoms with Gasteiger partial charge < -0.3 is 5.11 Å². The van der Waals surface area contributed by atoms with Crippen molar-refractivity contribution in [2.45, 2.75) is 30.5 Å². The molecule has 0 aromatic heterocycles. The molecule has 0 aliphatic rings. The molecule has 19 heavy (non-hydrogen) atoms. The molecule has 114 valence electrons. The highest BCUT2D eigenvalue weighted by molar-refractivity contribution is 5.76. The van der Waals surface area contributed by atoms with E-state index in [2.05, 4.69) is 0 Å². The van der Waals surface area contributed by atoms with Gasteiger partial charge in [0, 0.05) is 0 Å². The molecule has 0 rings (SSSR count). The molecule has 0 aliphatic carbocycles. The Morgan fingerprint density at radius 2 is 1.32 bits per heavy atom. The minimum absolute atomic E-state index is 1.68. The quantitative estimate of drug-likeness (QED) is 0.794. The summed E-state index contributed by atoms with van der Waals surface area (Å²) in [5, 5.41) is 7.64. The van der Waals surface area contributed by atoms with E-state index in [0.717, 1.165) is 0 Å². The standard InChI is InChI=1S/C6H2F10O3/c7-1(3(8,9)2(17)18)4(10,11)19-6(15,16)5(12,13)14/h1H,(H,17,18). The number of aliphatic carboxylic acids is 1. The Labute approximate surface area is 96.3 Å². The van der Waals surface area contributed by atoms with Crippen LogP contribution >= 0.6 is 0 Å². The average Bonchev–Trinajstić information content (AvgIpc) is 2.12. The fourth-order valence-electron chi connectivity index (χ4n) is 0.600. The highest BCUT2D eigenvalue weighted by Gasteiger charge is 2.70. The van der Waals surface area contributed by atoms with E-state index < -0.39 is 36.5 Å². The van der Waals surface area contributed by atoms with Gasteiger partial charge in [-0.25, -0.2) is 13.9 Å². The van der Waals surface area contributed by atoms with Gasteiger partial charge in [-0.15, -0.1) is 0 Å². The molecule has 0 bridgehead atoms. The minimum atomic E-state index is -6.74. The maximum absolute atomic E-state index is 12.4. The largest absolute Gasteiger partial charge is 0.483 e. The van der Waals surface area contributed by atoms with Crippen LogP contribution < -0.4 is 0 Å². The highest BCUT2D eigenvalue weighted by Crippen LogP contribution is 2.44. The molecule has 1 atom stereocenters. The zero-order valence-corrected chi connectivity index (χ0v) is 8.12. The second kappa shape index (κ2) is 4.68. The first-order chi connectivity index (χ1) is 8.06. The van der Waals surface area contributed by atoms with E-state index >= 15 is 0 Å². The molecule has 0 radical (unpaired) electrons. The third-order valence-corrected chi connectivity index (χ3v) is 1.49.